The molecule has 2 aromatic carbocycles. The number of aromatic hydroxyl groups is 1. The third kappa shape index (κ3) is 5.05. The summed E-state index contributed by atoms with van der Waals surface area (Å²) in [4.78, 5) is 4.32. The van der Waals surface area contributed by atoms with E-state index in [0.29, 0.717) is 17.4 Å². The zero-order valence-electron chi connectivity index (χ0n) is 14.0. The number of pyridine rings is 1. The van der Waals surface area contributed by atoms with Gasteiger partial charge in [0.15, 0.2) is 0 Å². The molecule has 0 saturated carbocycles. The molecule has 0 radical (unpaired) electrons. The van der Waals surface area contributed by atoms with Gasteiger partial charge in [-0.05, 0) is 42.1 Å². The second kappa shape index (κ2) is 8.65. The van der Waals surface area contributed by atoms with E-state index < -0.39 is 0 Å². The van der Waals surface area contributed by atoms with Crippen LogP contribution in [0.2, 0.25) is 5.15 Å². The van der Waals surface area contributed by atoms with Gasteiger partial charge in [-0.25, -0.2) is 4.98 Å². The first-order chi connectivity index (χ1) is 12.2. The van der Waals surface area contributed by atoms with Gasteiger partial charge in [0, 0.05) is 18.3 Å². The third-order valence-corrected chi connectivity index (χ3v) is 4.44. The summed E-state index contributed by atoms with van der Waals surface area (Å²) in [6.07, 6.45) is 3.49. The quantitative estimate of drug-likeness (QED) is 0.490. The number of phenolic OH excluding ortho intramolecular Hbond substituents is 1. The minimum Gasteiger partial charge on any atom is -0.508 e. The average molecular weight is 353 g/mol. The Bertz CT molecular complexity index is 821. The second-order valence-electron chi connectivity index (χ2n) is 6.01. The second-order valence-corrected chi connectivity index (χ2v) is 6.37. The van der Waals surface area contributed by atoms with Crippen molar-refractivity contribution in [1.82, 2.24) is 10.3 Å². The van der Waals surface area contributed by atoms with Crippen LogP contribution in [-0.4, -0.2) is 16.6 Å². The molecule has 3 rings (SSSR count). The van der Waals surface area contributed by atoms with Crippen molar-refractivity contribution in [2.75, 3.05) is 6.54 Å². The van der Waals surface area contributed by atoms with Gasteiger partial charge in [-0.2, -0.15) is 0 Å². The van der Waals surface area contributed by atoms with Gasteiger partial charge in [-0.3, -0.25) is 0 Å². The lowest BCUT2D eigenvalue weighted by Crippen LogP contribution is -2.17. The molecule has 1 aromatic heterocycles. The lowest BCUT2D eigenvalue weighted by molar-refractivity contribution is 0.464. The van der Waals surface area contributed by atoms with Gasteiger partial charge in [-0.15, -0.1) is 0 Å². The largest absolute Gasteiger partial charge is 0.508 e. The Morgan fingerprint density at radius 1 is 0.920 bits per heavy atom. The molecule has 0 atom stereocenters. The van der Waals surface area contributed by atoms with Gasteiger partial charge in [0.2, 0.25) is 0 Å². The molecule has 0 spiro atoms. The van der Waals surface area contributed by atoms with E-state index >= 15 is 0 Å². The van der Waals surface area contributed by atoms with Gasteiger partial charge in [0.25, 0.3) is 0 Å². The number of para-hydroxylation sites is 1. The SMILES string of the molecule is Oc1ccccc1CNCCc1cc(Cc2ccccc2)cnc1Cl. The number of nitrogens with zero attached hydrogens (tertiary/aromatic N) is 1. The minimum absolute atomic E-state index is 0.319. The monoisotopic (exact) mass is 352 g/mol. The molecule has 3 aromatic rings. The summed E-state index contributed by atoms with van der Waals surface area (Å²) in [5.41, 5.74) is 4.35. The van der Waals surface area contributed by atoms with Crippen LogP contribution in [0.5, 0.6) is 5.75 Å². The molecular formula is C21H21ClN2O. The summed E-state index contributed by atoms with van der Waals surface area (Å²) in [5, 5.41) is 13.7. The Hall–Kier alpha value is -2.36. The zero-order valence-corrected chi connectivity index (χ0v) is 14.7. The maximum atomic E-state index is 9.78. The fourth-order valence-corrected chi connectivity index (χ4v) is 2.95. The normalized spacial score (nSPS) is 10.8. The standard InChI is InChI=1S/C21H21ClN2O/c22-21-18(10-11-23-15-19-8-4-5-9-20(19)25)13-17(14-24-21)12-16-6-2-1-3-7-16/h1-9,13-14,23,25H,10-12,15H2. The summed E-state index contributed by atoms with van der Waals surface area (Å²) in [6.45, 7) is 1.39. The van der Waals surface area contributed by atoms with Gasteiger partial charge in [0.1, 0.15) is 10.9 Å². The maximum Gasteiger partial charge on any atom is 0.132 e. The van der Waals surface area contributed by atoms with Crippen LogP contribution >= 0.6 is 11.6 Å². The molecule has 0 aliphatic heterocycles. The number of aromatic nitrogens is 1. The number of nitrogens with one attached hydrogen (secondary N) is 1. The molecule has 0 fully saturated rings. The number of halogens is 1. The van der Waals surface area contributed by atoms with E-state index in [1.165, 1.54) is 5.56 Å². The van der Waals surface area contributed by atoms with E-state index in [4.69, 9.17) is 11.6 Å². The first-order valence-corrected chi connectivity index (χ1v) is 8.75. The maximum absolute atomic E-state index is 9.78. The van der Waals surface area contributed by atoms with E-state index in [1.54, 1.807) is 6.07 Å². The Labute approximate surface area is 153 Å². The van der Waals surface area contributed by atoms with Crippen LogP contribution in [-0.2, 0) is 19.4 Å². The fraction of sp³-hybridized carbons (Fsp3) is 0.190. The molecule has 2 N–H and O–H groups in total. The summed E-state index contributed by atoms with van der Waals surface area (Å²) in [6, 6.07) is 19.8. The molecule has 25 heavy (non-hydrogen) atoms. The van der Waals surface area contributed by atoms with Gasteiger partial charge < -0.3 is 10.4 Å². The molecule has 0 aliphatic carbocycles. The number of rotatable bonds is 7. The first-order valence-electron chi connectivity index (χ1n) is 8.37. The molecule has 4 heteroatoms. The minimum atomic E-state index is 0.319. The van der Waals surface area contributed by atoms with Crippen LogP contribution in [0.25, 0.3) is 0 Å². The van der Waals surface area contributed by atoms with E-state index in [0.717, 1.165) is 36.1 Å². The van der Waals surface area contributed by atoms with Crippen LogP contribution in [0.3, 0.4) is 0 Å². The summed E-state index contributed by atoms with van der Waals surface area (Å²) in [7, 11) is 0. The average Bonchev–Trinajstić information content (AvgIpc) is 2.63. The zero-order chi connectivity index (χ0) is 17.5. The molecule has 128 valence electrons. The van der Waals surface area contributed by atoms with Crippen LogP contribution in [0.4, 0.5) is 0 Å². The highest BCUT2D eigenvalue weighted by Gasteiger charge is 2.05. The lowest BCUT2D eigenvalue weighted by atomic mass is 10.0. The highest BCUT2D eigenvalue weighted by Crippen LogP contribution is 2.18. The van der Waals surface area contributed by atoms with Crippen molar-refractivity contribution in [3.63, 3.8) is 0 Å². The van der Waals surface area contributed by atoms with Crippen LogP contribution in [0.1, 0.15) is 22.3 Å². The summed E-state index contributed by atoms with van der Waals surface area (Å²) >= 11 is 6.24. The van der Waals surface area contributed by atoms with E-state index in [1.807, 2.05) is 42.6 Å². The molecule has 0 saturated heterocycles. The number of phenols is 1. The summed E-state index contributed by atoms with van der Waals surface area (Å²) in [5.74, 6) is 0.319. The van der Waals surface area contributed by atoms with Gasteiger partial charge in [0.05, 0.1) is 0 Å². The molecule has 0 amide bonds. The molecular weight excluding hydrogens is 332 g/mol. The van der Waals surface area contributed by atoms with Crippen molar-refractivity contribution < 1.29 is 5.11 Å². The van der Waals surface area contributed by atoms with Crippen molar-refractivity contribution in [2.24, 2.45) is 0 Å². The third-order valence-electron chi connectivity index (χ3n) is 4.10. The Morgan fingerprint density at radius 2 is 1.68 bits per heavy atom. The van der Waals surface area contributed by atoms with Gasteiger partial charge in [-0.1, -0.05) is 66.2 Å². The molecule has 0 aliphatic rings. The molecule has 1 heterocycles. The van der Waals surface area contributed by atoms with Gasteiger partial charge >= 0.3 is 0 Å². The topological polar surface area (TPSA) is 45.1 Å². The molecule has 0 bridgehead atoms. The smallest absolute Gasteiger partial charge is 0.132 e. The van der Waals surface area contributed by atoms with Crippen molar-refractivity contribution in [3.05, 3.63) is 94.3 Å². The lowest BCUT2D eigenvalue weighted by Gasteiger charge is -2.09. The first kappa shape index (κ1) is 17.5. The molecule has 0 unspecified atom stereocenters. The highest BCUT2D eigenvalue weighted by atomic mass is 35.5. The summed E-state index contributed by atoms with van der Waals surface area (Å²) < 4.78 is 0. The Balaban J connectivity index is 1.57. The number of benzene rings is 2. The predicted octanol–water partition coefficient (Wildman–Crippen LogP) is 4.36. The Morgan fingerprint density at radius 3 is 2.48 bits per heavy atom. The van der Waals surface area contributed by atoms with Crippen molar-refractivity contribution in [1.29, 1.82) is 0 Å². The number of hydrogen-bond donors (Lipinski definition) is 2. The highest BCUT2D eigenvalue weighted by molar-refractivity contribution is 6.30. The predicted molar refractivity (Wildman–Crippen MR) is 102 cm³/mol. The van der Waals surface area contributed by atoms with Crippen molar-refractivity contribution >= 4 is 11.6 Å². The van der Waals surface area contributed by atoms with Crippen LogP contribution in [0, 0.1) is 0 Å². The van der Waals surface area contributed by atoms with Crippen molar-refractivity contribution in [2.45, 2.75) is 19.4 Å². The van der Waals surface area contributed by atoms with E-state index in [9.17, 15) is 5.11 Å². The van der Waals surface area contributed by atoms with Crippen LogP contribution < -0.4 is 5.32 Å². The number of hydrogen-bond acceptors (Lipinski definition) is 3. The van der Waals surface area contributed by atoms with Crippen LogP contribution in [0.15, 0.2) is 66.9 Å². The van der Waals surface area contributed by atoms with Crippen molar-refractivity contribution in [3.8, 4) is 5.75 Å². The molecule has 3 nitrogen and oxygen atoms in total. The Kier molecular flexibility index (Phi) is 6.04. The van der Waals surface area contributed by atoms with E-state index in [2.05, 4.69) is 28.5 Å². The fourth-order valence-electron chi connectivity index (χ4n) is 2.75. The van der Waals surface area contributed by atoms with E-state index in [-0.39, 0.29) is 0 Å².